The Morgan fingerprint density at radius 3 is 2.83 bits per heavy atom. The zero-order chi connectivity index (χ0) is 16.5. The minimum absolute atomic E-state index is 0.762. The van der Waals surface area contributed by atoms with E-state index in [0.717, 1.165) is 59.9 Å². The highest BCUT2D eigenvalue weighted by Crippen LogP contribution is 2.33. The zero-order valence-electron chi connectivity index (χ0n) is 13.8. The van der Waals surface area contributed by atoms with Crippen molar-refractivity contribution in [1.82, 2.24) is 19.8 Å². The van der Waals surface area contributed by atoms with Gasteiger partial charge in [-0.3, -0.25) is 4.90 Å². The van der Waals surface area contributed by atoms with Crippen LogP contribution < -0.4 is 0 Å². The molecule has 1 saturated heterocycles. The Labute approximate surface area is 147 Å². The number of nitrogens with one attached hydrogen (secondary N) is 1. The third-order valence-corrected chi connectivity index (χ3v) is 5.17. The second kappa shape index (κ2) is 6.55. The molecule has 1 N–H and O–H groups in total. The number of benzene rings is 1. The molecule has 124 valence electrons. The quantitative estimate of drug-likeness (QED) is 0.790. The second-order valence-corrected chi connectivity index (χ2v) is 6.88. The molecule has 1 aliphatic rings. The molecule has 0 saturated carbocycles. The van der Waals surface area contributed by atoms with Gasteiger partial charge >= 0.3 is 0 Å². The lowest BCUT2D eigenvalue weighted by Gasteiger charge is -2.32. The Morgan fingerprint density at radius 2 is 2.00 bits per heavy atom. The highest BCUT2D eigenvalue weighted by molar-refractivity contribution is 6.38. The maximum atomic E-state index is 6.60. The van der Waals surface area contributed by atoms with Crippen LogP contribution in [0.1, 0.15) is 5.56 Å². The minimum Gasteiger partial charge on any atom is -0.346 e. The number of fused-ring (bicyclic) bond motifs is 1. The third kappa shape index (κ3) is 3.05. The maximum Gasteiger partial charge on any atom is 0.138 e. The Kier molecular flexibility index (Phi) is 4.27. The van der Waals surface area contributed by atoms with Gasteiger partial charge in [0.25, 0.3) is 0 Å². The molecule has 1 aliphatic heterocycles. The van der Waals surface area contributed by atoms with E-state index in [-0.39, 0.29) is 0 Å². The van der Waals surface area contributed by atoms with Gasteiger partial charge in [-0.15, -0.1) is 0 Å². The van der Waals surface area contributed by atoms with Gasteiger partial charge in [-0.1, -0.05) is 29.8 Å². The zero-order valence-corrected chi connectivity index (χ0v) is 14.6. The number of halogens is 1. The number of likely N-dealkylation sites (N-methyl/N-ethyl adjacent to an activating group) is 1. The normalized spacial score (nSPS) is 16.8. The van der Waals surface area contributed by atoms with E-state index in [0.29, 0.717) is 0 Å². The first-order chi connectivity index (χ1) is 11.7. The first-order valence-corrected chi connectivity index (χ1v) is 8.70. The van der Waals surface area contributed by atoms with Crippen molar-refractivity contribution in [3.8, 4) is 11.1 Å². The number of aromatic amines is 1. The average Bonchev–Trinajstić information content (AvgIpc) is 3.07. The molecule has 5 heteroatoms. The Morgan fingerprint density at radius 1 is 1.17 bits per heavy atom. The summed E-state index contributed by atoms with van der Waals surface area (Å²) < 4.78 is 0. The Balaban J connectivity index is 1.60. The highest BCUT2D eigenvalue weighted by Gasteiger charge is 2.15. The lowest BCUT2D eigenvalue weighted by molar-refractivity contribution is 0.148. The van der Waals surface area contributed by atoms with Crippen molar-refractivity contribution in [1.29, 1.82) is 0 Å². The van der Waals surface area contributed by atoms with Crippen LogP contribution in [0.15, 0.2) is 42.7 Å². The van der Waals surface area contributed by atoms with Crippen molar-refractivity contribution in [3.05, 3.63) is 53.3 Å². The van der Waals surface area contributed by atoms with Gasteiger partial charge < -0.3 is 9.88 Å². The molecule has 1 aromatic carbocycles. The monoisotopic (exact) mass is 340 g/mol. The molecule has 0 spiro atoms. The van der Waals surface area contributed by atoms with Crippen molar-refractivity contribution in [3.63, 3.8) is 0 Å². The Bertz CT molecular complexity index is 849. The van der Waals surface area contributed by atoms with Crippen molar-refractivity contribution < 1.29 is 0 Å². The van der Waals surface area contributed by atoms with E-state index in [2.05, 4.69) is 51.1 Å². The molecule has 2 aromatic heterocycles. The molecular weight excluding hydrogens is 320 g/mol. The molecule has 1 fully saturated rings. The molecule has 4 rings (SSSR count). The summed E-state index contributed by atoms with van der Waals surface area (Å²) in [6, 6.07) is 10.6. The number of H-pyrrole nitrogens is 1. The minimum atomic E-state index is 0.762. The molecule has 0 amide bonds. The molecule has 0 unspecified atom stereocenters. The third-order valence-electron chi connectivity index (χ3n) is 4.76. The van der Waals surface area contributed by atoms with Gasteiger partial charge in [0.05, 0.1) is 5.02 Å². The van der Waals surface area contributed by atoms with Gasteiger partial charge in [-0.2, -0.15) is 0 Å². The number of pyridine rings is 1. The highest BCUT2D eigenvalue weighted by atomic mass is 35.5. The fourth-order valence-electron chi connectivity index (χ4n) is 3.28. The first kappa shape index (κ1) is 15.6. The van der Waals surface area contributed by atoms with Gasteiger partial charge in [-0.25, -0.2) is 4.98 Å². The smallest absolute Gasteiger partial charge is 0.138 e. The van der Waals surface area contributed by atoms with Crippen molar-refractivity contribution >= 4 is 22.6 Å². The van der Waals surface area contributed by atoms with E-state index >= 15 is 0 Å². The largest absolute Gasteiger partial charge is 0.346 e. The summed E-state index contributed by atoms with van der Waals surface area (Å²) in [4.78, 5) is 12.5. The SMILES string of the molecule is CN1CCN(Cc2cccc(-c3cnc4[nH]ccc4c3Cl)c2)CC1. The summed E-state index contributed by atoms with van der Waals surface area (Å²) in [5.74, 6) is 0. The van der Waals surface area contributed by atoms with Gasteiger partial charge in [-0.05, 0) is 30.3 Å². The van der Waals surface area contributed by atoms with E-state index in [1.54, 1.807) is 0 Å². The van der Waals surface area contributed by atoms with Crippen LogP contribution in [0.25, 0.3) is 22.2 Å². The summed E-state index contributed by atoms with van der Waals surface area (Å²) in [5, 5.41) is 1.73. The van der Waals surface area contributed by atoms with Crippen LogP contribution in [0.4, 0.5) is 0 Å². The van der Waals surface area contributed by atoms with E-state index in [1.165, 1.54) is 5.56 Å². The fourth-order valence-corrected chi connectivity index (χ4v) is 3.59. The summed E-state index contributed by atoms with van der Waals surface area (Å²) in [7, 11) is 2.18. The first-order valence-electron chi connectivity index (χ1n) is 8.32. The average molecular weight is 341 g/mol. The van der Waals surface area contributed by atoms with Crippen LogP contribution in [-0.4, -0.2) is 53.0 Å². The number of hydrogen-bond acceptors (Lipinski definition) is 3. The fraction of sp³-hybridized carbons (Fsp3) is 0.316. The van der Waals surface area contributed by atoms with E-state index in [9.17, 15) is 0 Å². The van der Waals surface area contributed by atoms with Crippen molar-refractivity contribution in [2.45, 2.75) is 6.54 Å². The lowest BCUT2D eigenvalue weighted by atomic mass is 10.0. The van der Waals surface area contributed by atoms with Crippen LogP contribution in [0.3, 0.4) is 0 Å². The summed E-state index contributed by atoms with van der Waals surface area (Å²) >= 11 is 6.60. The predicted molar refractivity (Wildman–Crippen MR) is 99.3 cm³/mol. The summed E-state index contributed by atoms with van der Waals surface area (Å²) in [6.45, 7) is 5.51. The summed E-state index contributed by atoms with van der Waals surface area (Å²) in [5.41, 5.74) is 4.27. The van der Waals surface area contributed by atoms with E-state index in [4.69, 9.17) is 11.6 Å². The molecule has 24 heavy (non-hydrogen) atoms. The number of piperazine rings is 1. The molecule has 4 nitrogen and oxygen atoms in total. The van der Waals surface area contributed by atoms with E-state index < -0.39 is 0 Å². The van der Waals surface area contributed by atoms with Crippen LogP contribution >= 0.6 is 11.6 Å². The van der Waals surface area contributed by atoms with Gasteiger partial charge in [0, 0.05) is 56.1 Å². The topological polar surface area (TPSA) is 35.2 Å². The van der Waals surface area contributed by atoms with Crippen LogP contribution in [-0.2, 0) is 6.54 Å². The molecule has 3 heterocycles. The molecular formula is C19H21ClN4. The van der Waals surface area contributed by atoms with Crippen molar-refractivity contribution in [2.24, 2.45) is 0 Å². The number of aromatic nitrogens is 2. The van der Waals surface area contributed by atoms with Crippen LogP contribution in [0.2, 0.25) is 5.02 Å². The second-order valence-electron chi connectivity index (χ2n) is 6.51. The maximum absolute atomic E-state index is 6.60. The number of hydrogen-bond donors (Lipinski definition) is 1. The lowest BCUT2D eigenvalue weighted by Crippen LogP contribution is -2.43. The molecule has 0 aliphatic carbocycles. The standard InChI is InChI=1S/C19H21ClN4/c1-23-7-9-24(10-8-23)13-14-3-2-4-15(11-14)17-12-22-19-16(18(17)20)5-6-21-19/h2-6,11-12H,7-10,13H2,1H3,(H,21,22). The molecule has 0 radical (unpaired) electrons. The number of rotatable bonds is 3. The molecule has 0 bridgehead atoms. The van der Waals surface area contributed by atoms with Gasteiger partial charge in [0.15, 0.2) is 0 Å². The summed E-state index contributed by atoms with van der Waals surface area (Å²) in [6.07, 6.45) is 3.73. The molecule has 3 aromatic rings. The Hall–Kier alpha value is -1.88. The van der Waals surface area contributed by atoms with Crippen molar-refractivity contribution in [2.75, 3.05) is 33.2 Å². The van der Waals surface area contributed by atoms with Gasteiger partial charge in [0.1, 0.15) is 5.65 Å². The molecule has 0 atom stereocenters. The van der Waals surface area contributed by atoms with Gasteiger partial charge in [0.2, 0.25) is 0 Å². The van der Waals surface area contributed by atoms with Crippen LogP contribution in [0.5, 0.6) is 0 Å². The predicted octanol–water partition coefficient (Wildman–Crippen LogP) is 3.63. The van der Waals surface area contributed by atoms with E-state index in [1.807, 2.05) is 18.5 Å². The number of nitrogens with zero attached hydrogens (tertiary/aromatic N) is 3. The van der Waals surface area contributed by atoms with Crippen LogP contribution in [0, 0.1) is 0 Å².